The summed E-state index contributed by atoms with van der Waals surface area (Å²) in [5.74, 6) is -0.647. The second kappa shape index (κ2) is 7.01. The molecule has 0 fully saturated rings. The lowest BCUT2D eigenvalue weighted by molar-refractivity contribution is 0.162. The first-order chi connectivity index (χ1) is 7.02. The summed E-state index contributed by atoms with van der Waals surface area (Å²) in [4.78, 5) is 10.9. The van der Waals surface area contributed by atoms with Gasteiger partial charge in [-0.1, -0.05) is 29.4 Å². The number of carbonyl (C=O) groups is 1. The molecule has 0 aliphatic carbocycles. The van der Waals surface area contributed by atoms with Gasteiger partial charge in [-0.25, -0.2) is 9.18 Å². The number of alkyl carbamates (subject to hydrolysis) is 1. The summed E-state index contributed by atoms with van der Waals surface area (Å²) in [6, 6.07) is 1.61. The minimum Gasteiger partial charge on any atom is -0.434 e. The number of nitriles is 1. The molecule has 0 aromatic heterocycles. The summed E-state index contributed by atoms with van der Waals surface area (Å²) in [6.45, 7) is 4.67. The van der Waals surface area contributed by atoms with Crippen molar-refractivity contribution < 1.29 is 13.9 Å². The van der Waals surface area contributed by atoms with Crippen LogP contribution in [0.1, 0.15) is 13.3 Å². The number of nitrogens with one attached hydrogen (secondary N) is 1. The lowest BCUT2D eigenvalue weighted by Gasteiger charge is -2.06. The van der Waals surface area contributed by atoms with Crippen LogP contribution in [0.25, 0.3) is 0 Å². The molecule has 0 radical (unpaired) electrons. The Morgan fingerprint density at radius 3 is 2.80 bits per heavy atom. The molecule has 15 heavy (non-hydrogen) atoms. The fourth-order valence-corrected chi connectivity index (χ4v) is 0.870. The maximum Gasteiger partial charge on any atom is 0.412 e. The first-order valence-corrected chi connectivity index (χ1v) is 4.86. The molecule has 0 aromatic carbocycles. The first-order valence-electron chi connectivity index (χ1n) is 4.07. The van der Waals surface area contributed by atoms with E-state index >= 15 is 0 Å². The molecule has 0 unspecified atom stereocenters. The number of amides is 1. The van der Waals surface area contributed by atoms with Crippen molar-refractivity contribution in [3.8, 4) is 6.07 Å². The normalized spacial score (nSPS) is 11.1. The molecule has 0 spiro atoms. The van der Waals surface area contributed by atoms with Gasteiger partial charge in [0.1, 0.15) is 6.07 Å². The van der Waals surface area contributed by atoms with Gasteiger partial charge in [0.05, 0.1) is 5.70 Å². The smallest absolute Gasteiger partial charge is 0.412 e. The third-order valence-electron chi connectivity index (χ3n) is 1.33. The molecule has 0 bridgehead atoms. The molecule has 0 aliphatic heterocycles. The predicted octanol–water partition coefficient (Wildman–Crippen LogP) is 2.74. The van der Waals surface area contributed by atoms with Crippen molar-refractivity contribution >= 4 is 22.0 Å². The average Bonchev–Trinajstić information content (AvgIpc) is 2.23. The van der Waals surface area contributed by atoms with Crippen molar-refractivity contribution in [2.45, 2.75) is 13.3 Å². The van der Waals surface area contributed by atoms with Crippen molar-refractivity contribution in [2.24, 2.45) is 0 Å². The topological polar surface area (TPSA) is 62.1 Å². The summed E-state index contributed by atoms with van der Waals surface area (Å²) < 4.78 is 17.9. The van der Waals surface area contributed by atoms with E-state index < -0.39 is 11.9 Å². The number of nitrogens with zero attached hydrogens (tertiary/aromatic N) is 1. The van der Waals surface area contributed by atoms with Crippen LogP contribution in [-0.2, 0) is 4.74 Å². The zero-order valence-corrected chi connectivity index (χ0v) is 9.73. The molecule has 1 amide bonds. The predicted molar refractivity (Wildman–Crippen MR) is 56.6 cm³/mol. The monoisotopic (exact) mass is 276 g/mol. The highest BCUT2D eigenvalue weighted by Crippen LogP contribution is 2.21. The Hall–Kier alpha value is -1.35. The van der Waals surface area contributed by atoms with E-state index in [9.17, 15) is 9.18 Å². The average molecular weight is 277 g/mol. The zero-order chi connectivity index (χ0) is 11.8. The molecule has 0 aliphatic rings. The fourth-order valence-electron chi connectivity index (χ4n) is 0.631. The minimum absolute atomic E-state index is 0.202. The molecule has 0 saturated carbocycles. The van der Waals surface area contributed by atoms with Gasteiger partial charge >= 0.3 is 6.09 Å². The van der Waals surface area contributed by atoms with Gasteiger partial charge in [-0.3, -0.25) is 5.32 Å². The number of hydrogen-bond acceptors (Lipinski definition) is 3. The quantitative estimate of drug-likeness (QED) is 0.803. The van der Waals surface area contributed by atoms with Crippen LogP contribution in [0.5, 0.6) is 0 Å². The SMILES string of the molecule is C=C(NC(=O)OCC#N)/C(F)=C(/Br)CC. The van der Waals surface area contributed by atoms with Gasteiger partial charge in [-0.05, 0) is 6.42 Å². The molecule has 82 valence electrons. The summed E-state index contributed by atoms with van der Waals surface area (Å²) in [5.41, 5.74) is -0.202. The Morgan fingerprint density at radius 1 is 1.73 bits per heavy atom. The second-order valence-corrected chi connectivity index (χ2v) is 3.37. The van der Waals surface area contributed by atoms with E-state index in [4.69, 9.17) is 5.26 Å². The number of ether oxygens (including phenoxy) is 1. The second-order valence-electron chi connectivity index (χ2n) is 2.41. The van der Waals surface area contributed by atoms with Crippen LogP contribution >= 0.6 is 15.9 Å². The van der Waals surface area contributed by atoms with Crippen LogP contribution in [0.15, 0.2) is 22.6 Å². The highest BCUT2D eigenvalue weighted by molar-refractivity contribution is 9.11. The van der Waals surface area contributed by atoms with Crippen LogP contribution in [0.4, 0.5) is 9.18 Å². The summed E-state index contributed by atoms with van der Waals surface area (Å²) in [6.07, 6.45) is -0.465. The maximum absolute atomic E-state index is 13.3. The van der Waals surface area contributed by atoms with Crippen molar-refractivity contribution in [3.63, 3.8) is 0 Å². The van der Waals surface area contributed by atoms with Gasteiger partial charge in [-0.2, -0.15) is 5.26 Å². The number of allylic oxidation sites excluding steroid dienone is 2. The number of halogens is 2. The molecule has 1 N–H and O–H groups in total. The number of carbonyl (C=O) groups excluding carboxylic acids is 1. The molecule has 0 saturated heterocycles. The van der Waals surface area contributed by atoms with E-state index in [0.717, 1.165) is 0 Å². The van der Waals surface area contributed by atoms with Gasteiger partial charge in [0.25, 0.3) is 0 Å². The van der Waals surface area contributed by atoms with Crippen LogP contribution in [0.3, 0.4) is 0 Å². The van der Waals surface area contributed by atoms with Crippen LogP contribution in [-0.4, -0.2) is 12.7 Å². The van der Waals surface area contributed by atoms with Crippen molar-refractivity contribution in [1.29, 1.82) is 5.26 Å². The third kappa shape index (κ3) is 5.18. The van der Waals surface area contributed by atoms with E-state index in [1.165, 1.54) is 0 Å². The van der Waals surface area contributed by atoms with Crippen LogP contribution in [0.2, 0.25) is 0 Å². The molecular formula is C9H10BrFN2O2. The fraction of sp³-hybridized carbons (Fsp3) is 0.333. The highest BCUT2D eigenvalue weighted by atomic mass is 79.9. The summed E-state index contributed by atoms with van der Waals surface area (Å²) >= 11 is 2.98. The highest BCUT2D eigenvalue weighted by Gasteiger charge is 2.10. The van der Waals surface area contributed by atoms with E-state index in [-0.39, 0.29) is 12.3 Å². The maximum atomic E-state index is 13.3. The molecule has 0 aromatic rings. The lowest BCUT2D eigenvalue weighted by atomic mass is 10.3. The van der Waals surface area contributed by atoms with Gasteiger partial charge < -0.3 is 4.74 Å². The van der Waals surface area contributed by atoms with Crippen LogP contribution in [0, 0.1) is 11.3 Å². The van der Waals surface area contributed by atoms with E-state index in [2.05, 4.69) is 32.6 Å². The molecule has 0 atom stereocenters. The van der Waals surface area contributed by atoms with Crippen molar-refractivity contribution in [3.05, 3.63) is 22.6 Å². The van der Waals surface area contributed by atoms with Crippen molar-refractivity contribution in [1.82, 2.24) is 5.32 Å². The van der Waals surface area contributed by atoms with Crippen LogP contribution < -0.4 is 5.32 Å². The summed E-state index contributed by atoms with van der Waals surface area (Å²) in [5, 5.41) is 10.2. The lowest BCUT2D eigenvalue weighted by Crippen LogP contribution is -2.23. The number of rotatable bonds is 4. The first kappa shape index (κ1) is 13.7. The molecule has 0 heterocycles. The Morgan fingerprint density at radius 2 is 2.33 bits per heavy atom. The Kier molecular flexibility index (Phi) is 6.38. The van der Waals surface area contributed by atoms with E-state index in [0.29, 0.717) is 10.9 Å². The van der Waals surface area contributed by atoms with Gasteiger partial charge in [0.15, 0.2) is 12.4 Å². The Labute approximate surface area is 95.5 Å². The Balaban J connectivity index is 4.27. The largest absolute Gasteiger partial charge is 0.434 e. The van der Waals surface area contributed by atoms with Crippen molar-refractivity contribution in [2.75, 3.05) is 6.61 Å². The standard InChI is InChI=1S/C9H10BrFN2O2/c1-3-7(10)8(11)6(2)13-9(14)15-5-4-12/h2-3,5H2,1H3,(H,13,14)/b8-7-. The molecule has 0 rings (SSSR count). The third-order valence-corrected chi connectivity index (χ3v) is 2.24. The minimum atomic E-state index is -0.909. The van der Waals surface area contributed by atoms with Gasteiger partial charge in [0, 0.05) is 4.48 Å². The Bertz CT molecular complexity index is 333. The van der Waals surface area contributed by atoms with E-state index in [1.54, 1.807) is 13.0 Å². The van der Waals surface area contributed by atoms with Gasteiger partial charge in [-0.15, -0.1) is 0 Å². The van der Waals surface area contributed by atoms with Gasteiger partial charge in [0.2, 0.25) is 0 Å². The van der Waals surface area contributed by atoms with E-state index in [1.807, 2.05) is 0 Å². The molecule has 6 heteroatoms. The molecular weight excluding hydrogens is 267 g/mol. The molecule has 4 nitrogen and oxygen atoms in total. The zero-order valence-electron chi connectivity index (χ0n) is 8.14. The number of hydrogen-bond donors (Lipinski definition) is 1. The summed E-state index contributed by atoms with van der Waals surface area (Å²) in [7, 11) is 0.